The van der Waals surface area contributed by atoms with Crippen molar-refractivity contribution in [2.24, 2.45) is 5.41 Å². The number of β-amino-alcohol motifs (C(OH)–C–C–N with tert-alkyl or cyclic N) is 1. The van der Waals surface area contributed by atoms with Crippen molar-refractivity contribution in [3.63, 3.8) is 0 Å². The first-order valence-electron chi connectivity index (χ1n) is 7.80. The van der Waals surface area contributed by atoms with Crippen molar-refractivity contribution in [1.82, 2.24) is 9.80 Å². The highest BCUT2D eigenvalue weighted by atomic mass is 16.3. The van der Waals surface area contributed by atoms with Gasteiger partial charge < -0.3 is 14.9 Å². The van der Waals surface area contributed by atoms with Crippen LogP contribution >= 0.6 is 0 Å². The monoisotopic (exact) mass is 288 g/mol. The van der Waals surface area contributed by atoms with E-state index in [1.807, 2.05) is 11.9 Å². The third-order valence-electron chi connectivity index (χ3n) is 5.08. The Balaban J connectivity index is 1.86. The highest BCUT2D eigenvalue weighted by molar-refractivity contribution is 5.83. The minimum absolute atomic E-state index is 0.198. The third-order valence-corrected chi connectivity index (χ3v) is 5.08. The molecule has 1 amide bonds. The molecular weight excluding hydrogens is 264 g/mol. The molecule has 1 aromatic carbocycles. The smallest absolute Gasteiger partial charge is 0.229 e. The van der Waals surface area contributed by atoms with Crippen LogP contribution in [0.25, 0.3) is 0 Å². The second-order valence-electron chi connectivity index (χ2n) is 6.45. The summed E-state index contributed by atoms with van der Waals surface area (Å²) in [6.07, 6.45) is 2.65. The molecule has 1 N–H and O–H groups in total. The summed E-state index contributed by atoms with van der Waals surface area (Å²) in [6.45, 7) is 3.45. The largest absolute Gasteiger partial charge is 0.395 e. The Morgan fingerprint density at radius 3 is 2.52 bits per heavy atom. The highest BCUT2D eigenvalue weighted by Crippen LogP contribution is 2.40. The van der Waals surface area contributed by atoms with Crippen LogP contribution in [0.15, 0.2) is 24.3 Å². The fourth-order valence-electron chi connectivity index (χ4n) is 3.79. The average molecular weight is 288 g/mol. The van der Waals surface area contributed by atoms with E-state index in [1.165, 1.54) is 11.1 Å². The van der Waals surface area contributed by atoms with Crippen LogP contribution in [0.1, 0.15) is 24.0 Å². The van der Waals surface area contributed by atoms with E-state index >= 15 is 0 Å². The molecule has 0 unspecified atom stereocenters. The SMILES string of the molecule is CN1Cc2ccccc2CC2(CCN(CCO)CC2)C1=O. The summed E-state index contributed by atoms with van der Waals surface area (Å²) in [7, 11) is 1.92. The predicted molar refractivity (Wildman–Crippen MR) is 81.8 cm³/mol. The number of nitrogens with zero attached hydrogens (tertiary/aromatic N) is 2. The quantitative estimate of drug-likeness (QED) is 0.891. The first-order chi connectivity index (χ1) is 10.1. The minimum atomic E-state index is -0.243. The summed E-state index contributed by atoms with van der Waals surface area (Å²) >= 11 is 0. The van der Waals surface area contributed by atoms with Crippen molar-refractivity contribution in [1.29, 1.82) is 0 Å². The summed E-state index contributed by atoms with van der Waals surface area (Å²) in [5.41, 5.74) is 2.36. The summed E-state index contributed by atoms with van der Waals surface area (Å²) in [6, 6.07) is 8.44. The summed E-state index contributed by atoms with van der Waals surface area (Å²) < 4.78 is 0. The normalized spacial score (nSPS) is 22.2. The van der Waals surface area contributed by atoms with E-state index < -0.39 is 0 Å². The number of rotatable bonds is 2. The van der Waals surface area contributed by atoms with Crippen LogP contribution in [0.5, 0.6) is 0 Å². The summed E-state index contributed by atoms with van der Waals surface area (Å²) in [5, 5.41) is 9.07. The fraction of sp³-hybridized carbons (Fsp3) is 0.588. The van der Waals surface area contributed by atoms with E-state index in [0.717, 1.165) is 45.4 Å². The molecule has 1 saturated heterocycles. The lowest BCUT2D eigenvalue weighted by Gasteiger charge is -2.41. The van der Waals surface area contributed by atoms with E-state index in [0.29, 0.717) is 5.91 Å². The van der Waals surface area contributed by atoms with Crippen LogP contribution in [-0.4, -0.2) is 54.1 Å². The number of hydrogen-bond acceptors (Lipinski definition) is 3. The van der Waals surface area contributed by atoms with Crippen LogP contribution in [0, 0.1) is 5.41 Å². The number of likely N-dealkylation sites (tertiary alicyclic amines) is 1. The average Bonchev–Trinajstić information content (AvgIpc) is 2.59. The molecule has 2 aliphatic heterocycles. The maximum Gasteiger partial charge on any atom is 0.229 e. The summed E-state index contributed by atoms with van der Waals surface area (Å²) in [5.74, 6) is 0.294. The van der Waals surface area contributed by atoms with Gasteiger partial charge in [-0.3, -0.25) is 4.79 Å². The molecule has 0 atom stereocenters. The van der Waals surface area contributed by atoms with Crippen LogP contribution in [-0.2, 0) is 17.8 Å². The van der Waals surface area contributed by atoms with Crippen molar-refractivity contribution in [2.45, 2.75) is 25.8 Å². The number of carbonyl (C=O) groups is 1. The molecule has 4 heteroatoms. The van der Waals surface area contributed by atoms with Gasteiger partial charge in [-0.2, -0.15) is 0 Å². The van der Waals surface area contributed by atoms with Gasteiger partial charge in [-0.25, -0.2) is 0 Å². The number of hydrogen-bond donors (Lipinski definition) is 1. The molecule has 0 radical (unpaired) electrons. The Morgan fingerprint density at radius 2 is 1.86 bits per heavy atom. The van der Waals surface area contributed by atoms with Crippen molar-refractivity contribution in [3.8, 4) is 0 Å². The Bertz CT molecular complexity index is 521. The Kier molecular flexibility index (Phi) is 4.00. The van der Waals surface area contributed by atoms with Crippen molar-refractivity contribution >= 4 is 5.91 Å². The van der Waals surface area contributed by atoms with Gasteiger partial charge >= 0.3 is 0 Å². The van der Waals surface area contributed by atoms with Gasteiger partial charge in [0, 0.05) is 20.1 Å². The number of piperidine rings is 1. The zero-order valence-electron chi connectivity index (χ0n) is 12.7. The maximum absolute atomic E-state index is 12.9. The molecule has 4 nitrogen and oxygen atoms in total. The highest BCUT2D eigenvalue weighted by Gasteiger charge is 2.44. The van der Waals surface area contributed by atoms with Crippen LogP contribution < -0.4 is 0 Å². The number of benzene rings is 1. The molecule has 21 heavy (non-hydrogen) atoms. The molecular formula is C17H24N2O2. The molecule has 0 bridgehead atoms. The minimum Gasteiger partial charge on any atom is -0.395 e. The first-order valence-corrected chi connectivity index (χ1v) is 7.80. The van der Waals surface area contributed by atoms with E-state index in [-0.39, 0.29) is 12.0 Å². The van der Waals surface area contributed by atoms with Gasteiger partial charge in [0.15, 0.2) is 0 Å². The zero-order valence-corrected chi connectivity index (χ0v) is 12.7. The van der Waals surface area contributed by atoms with Crippen molar-refractivity contribution in [2.75, 3.05) is 33.3 Å². The third kappa shape index (κ3) is 2.70. The van der Waals surface area contributed by atoms with Crippen molar-refractivity contribution in [3.05, 3.63) is 35.4 Å². The molecule has 1 spiro atoms. The zero-order chi connectivity index (χ0) is 14.9. The van der Waals surface area contributed by atoms with Crippen LogP contribution in [0.2, 0.25) is 0 Å². The first kappa shape index (κ1) is 14.5. The van der Waals surface area contributed by atoms with E-state index in [9.17, 15) is 4.79 Å². The van der Waals surface area contributed by atoms with Crippen LogP contribution in [0.3, 0.4) is 0 Å². The molecule has 3 rings (SSSR count). The molecule has 2 aliphatic rings. The van der Waals surface area contributed by atoms with E-state index in [4.69, 9.17) is 5.11 Å². The lowest BCUT2D eigenvalue weighted by Crippen LogP contribution is -2.49. The lowest BCUT2D eigenvalue weighted by atomic mass is 9.73. The predicted octanol–water partition coefficient (Wildman–Crippen LogP) is 1.28. The van der Waals surface area contributed by atoms with Gasteiger partial charge in [0.2, 0.25) is 5.91 Å². The Labute approximate surface area is 126 Å². The number of carbonyl (C=O) groups excluding carboxylic acids is 1. The van der Waals surface area contributed by atoms with Gasteiger partial charge in [0.05, 0.1) is 12.0 Å². The van der Waals surface area contributed by atoms with Gasteiger partial charge in [0.1, 0.15) is 0 Å². The summed E-state index contributed by atoms with van der Waals surface area (Å²) in [4.78, 5) is 17.1. The number of amides is 1. The Hall–Kier alpha value is -1.39. The number of aliphatic hydroxyl groups excluding tert-OH is 1. The van der Waals surface area contributed by atoms with Crippen LogP contribution in [0.4, 0.5) is 0 Å². The molecule has 1 aromatic rings. The lowest BCUT2D eigenvalue weighted by molar-refractivity contribution is -0.143. The van der Waals surface area contributed by atoms with Crippen molar-refractivity contribution < 1.29 is 9.90 Å². The topological polar surface area (TPSA) is 43.8 Å². The van der Waals surface area contributed by atoms with Gasteiger partial charge in [-0.05, 0) is 43.5 Å². The molecule has 2 heterocycles. The second kappa shape index (κ2) is 5.78. The second-order valence-corrected chi connectivity index (χ2v) is 6.45. The Morgan fingerprint density at radius 1 is 1.19 bits per heavy atom. The van der Waals surface area contributed by atoms with E-state index in [2.05, 4.69) is 29.2 Å². The molecule has 1 fully saturated rings. The number of fused-ring (bicyclic) bond motifs is 1. The molecule has 0 aromatic heterocycles. The standard InChI is InChI=1S/C17H24N2O2/c1-18-13-15-5-3-2-4-14(15)12-17(16(18)21)6-8-19(9-7-17)10-11-20/h2-5,20H,6-13H2,1H3. The van der Waals surface area contributed by atoms with Gasteiger partial charge in [-0.15, -0.1) is 0 Å². The maximum atomic E-state index is 12.9. The fourth-order valence-corrected chi connectivity index (χ4v) is 3.79. The van der Waals surface area contributed by atoms with Gasteiger partial charge in [-0.1, -0.05) is 24.3 Å². The molecule has 0 saturated carbocycles. The molecule has 114 valence electrons. The molecule has 0 aliphatic carbocycles. The van der Waals surface area contributed by atoms with E-state index in [1.54, 1.807) is 0 Å². The number of aliphatic hydroxyl groups is 1. The van der Waals surface area contributed by atoms with Gasteiger partial charge in [0.25, 0.3) is 0 Å².